The number of hydrogen-bond acceptors (Lipinski definition) is 1. The van der Waals surface area contributed by atoms with E-state index in [-0.39, 0.29) is 0 Å². The molecule has 0 spiro atoms. The van der Waals surface area contributed by atoms with Gasteiger partial charge in [-0.05, 0) is 18.6 Å². The van der Waals surface area contributed by atoms with Gasteiger partial charge in [-0.25, -0.2) is 0 Å². The molecule has 2 nitrogen and oxygen atoms in total. The lowest BCUT2D eigenvalue weighted by Crippen LogP contribution is -1.97. The molecule has 18 heavy (non-hydrogen) atoms. The summed E-state index contributed by atoms with van der Waals surface area (Å²) in [6, 6.07) is 3.45. The standard InChI is InChI=1S/C13H12Cl3NO/c1-2-3-4-17-12-6-11(15)10(14)5-8(12)9(7-18)13(17)16/h5-7H,2-4H2,1H3. The van der Waals surface area contributed by atoms with Crippen LogP contribution in [0.15, 0.2) is 12.1 Å². The van der Waals surface area contributed by atoms with Gasteiger partial charge in [0.15, 0.2) is 6.29 Å². The summed E-state index contributed by atoms with van der Waals surface area (Å²) in [7, 11) is 0. The quantitative estimate of drug-likeness (QED) is 0.710. The average molecular weight is 305 g/mol. The molecule has 0 N–H and O–H groups in total. The molecule has 0 amide bonds. The molecule has 0 aliphatic rings. The van der Waals surface area contributed by atoms with Gasteiger partial charge in [0.25, 0.3) is 0 Å². The number of rotatable bonds is 4. The summed E-state index contributed by atoms with van der Waals surface area (Å²) >= 11 is 18.2. The van der Waals surface area contributed by atoms with Gasteiger partial charge in [0, 0.05) is 11.9 Å². The van der Waals surface area contributed by atoms with Gasteiger partial charge in [-0.1, -0.05) is 48.1 Å². The predicted molar refractivity (Wildman–Crippen MR) is 77.3 cm³/mol. The highest BCUT2D eigenvalue weighted by atomic mass is 35.5. The van der Waals surface area contributed by atoms with E-state index in [0.717, 1.165) is 36.6 Å². The lowest BCUT2D eigenvalue weighted by atomic mass is 10.2. The molecule has 5 heteroatoms. The van der Waals surface area contributed by atoms with Crippen molar-refractivity contribution in [3.63, 3.8) is 0 Å². The zero-order valence-corrected chi connectivity index (χ0v) is 12.1. The molecule has 0 atom stereocenters. The Bertz CT molecular complexity index is 604. The number of aromatic nitrogens is 1. The van der Waals surface area contributed by atoms with Gasteiger partial charge in [-0.2, -0.15) is 0 Å². The molecule has 0 fully saturated rings. The number of unbranched alkanes of at least 4 members (excludes halogenated alkanes) is 1. The first-order chi connectivity index (χ1) is 8.60. The number of aldehydes is 1. The summed E-state index contributed by atoms with van der Waals surface area (Å²) in [6.07, 6.45) is 2.80. The number of aryl methyl sites for hydroxylation is 1. The summed E-state index contributed by atoms with van der Waals surface area (Å²) < 4.78 is 1.91. The minimum atomic E-state index is 0.427. The van der Waals surface area contributed by atoms with Gasteiger partial charge >= 0.3 is 0 Å². The number of carbonyl (C=O) groups excluding carboxylic acids is 1. The Morgan fingerprint density at radius 2 is 1.89 bits per heavy atom. The highest BCUT2D eigenvalue weighted by Crippen LogP contribution is 2.34. The second-order valence-corrected chi connectivity index (χ2v) is 5.28. The smallest absolute Gasteiger partial charge is 0.153 e. The van der Waals surface area contributed by atoms with Crippen LogP contribution >= 0.6 is 34.8 Å². The van der Waals surface area contributed by atoms with Crippen molar-refractivity contribution >= 4 is 52.0 Å². The van der Waals surface area contributed by atoms with Crippen LogP contribution in [-0.2, 0) is 6.54 Å². The lowest BCUT2D eigenvalue weighted by molar-refractivity contribution is 0.112. The molecule has 0 aliphatic heterocycles. The minimum Gasteiger partial charge on any atom is -0.331 e. The van der Waals surface area contributed by atoms with Crippen molar-refractivity contribution in [2.45, 2.75) is 26.3 Å². The van der Waals surface area contributed by atoms with E-state index in [4.69, 9.17) is 34.8 Å². The van der Waals surface area contributed by atoms with Gasteiger partial charge in [-0.15, -0.1) is 0 Å². The van der Waals surface area contributed by atoms with E-state index in [1.165, 1.54) is 0 Å². The van der Waals surface area contributed by atoms with E-state index in [9.17, 15) is 4.79 Å². The number of halogens is 3. The maximum absolute atomic E-state index is 11.2. The first-order valence-corrected chi connectivity index (χ1v) is 6.85. The molecule has 0 aliphatic carbocycles. The monoisotopic (exact) mass is 303 g/mol. The fourth-order valence-electron chi connectivity index (χ4n) is 1.98. The molecule has 0 saturated heterocycles. The van der Waals surface area contributed by atoms with Crippen LogP contribution in [0.1, 0.15) is 30.1 Å². The minimum absolute atomic E-state index is 0.427. The van der Waals surface area contributed by atoms with E-state index >= 15 is 0 Å². The molecule has 96 valence electrons. The third kappa shape index (κ3) is 2.25. The summed E-state index contributed by atoms with van der Waals surface area (Å²) in [4.78, 5) is 11.2. The summed E-state index contributed by atoms with van der Waals surface area (Å²) in [5.41, 5.74) is 1.33. The number of fused-ring (bicyclic) bond motifs is 1. The third-order valence-electron chi connectivity index (χ3n) is 2.93. The van der Waals surface area contributed by atoms with Crippen molar-refractivity contribution in [2.75, 3.05) is 0 Å². The lowest BCUT2D eigenvalue weighted by Gasteiger charge is -2.06. The van der Waals surface area contributed by atoms with Crippen molar-refractivity contribution in [1.82, 2.24) is 4.57 Å². The van der Waals surface area contributed by atoms with Crippen LogP contribution in [-0.4, -0.2) is 10.9 Å². The third-order valence-corrected chi connectivity index (χ3v) is 4.06. The summed E-state index contributed by atoms with van der Waals surface area (Å²) in [5, 5.41) is 2.09. The Kier molecular flexibility index (Phi) is 4.21. The molecule has 0 radical (unpaired) electrons. The van der Waals surface area contributed by atoms with Gasteiger partial charge in [0.1, 0.15) is 5.15 Å². The topological polar surface area (TPSA) is 22.0 Å². The zero-order chi connectivity index (χ0) is 13.3. The van der Waals surface area contributed by atoms with Crippen LogP contribution in [0.2, 0.25) is 15.2 Å². The highest BCUT2D eigenvalue weighted by Gasteiger charge is 2.16. The fourth-order valence-corrected chi connectivity index (χ4v) is 2.63. The Hall–Kier alpha value is -0.700. The Morgan fingerprint density at radius 1 is 1.22 bits per heavy atom. The number of carbonyl (C=O) groups is 1. The Balaban J connectivity index is 2.72. The molecular weight excluding hydrogens is 293 g/mol. The van der Waals surface area contributed by atoms with Crippen LogP contribution in [0, 0.1) is 0 Å². The molecule has 1 heterocycles. The highest BCUT2D eigenvalue weighted by molar-refractivity contribution is 6.43. The van der Waals surface area contributed by atoms with Gasteiger partial charge in [0.2, 0.25) is 0 Å². The molecule has 0 saturated carbocycles. The molecule has 0 unspecified atom stereocenters. The van der Waals surface area contributed by atoms with E-state index in [1.54, 1.807) is 12.1 Å². The largest absolute Gasteiger partial charge is 0.331 e. The van der Waals surface area contributed by atoms with Crippen molar-refractivity contribution in [1.29, 1.82) is 0 Å². The van der Waals surface area contributed by atoms with Crippen molar-refractivity contribution in [2.24, 2.45) is 0 Å². The van der Waals surface area contributed by atoms with E-state index in [0.29, 0.717) is 20.8 Å². The second kappa shape index (κ2) is 5.52. The number of benzene rings is 1. The number of nitrogens with zero attached hydrogens (tertiary/aromatic N) is 1. The molecule has 1 aromatic heterocycles. The molecule has 0 bridgehead atoms. The maximum atomic E-state index is 11.2. The number of hydrogen-bond donors (Lipinski definition) is 0. The fraction of sp³-hybridized carbons (Fsp3) is 0.308. The summed E-state index contributed by atoms with van der Waals surface area (Å²) in [5.74, 6) is 0. The van der Waals surface area contributed by atoms with E-state index < -0.39 is 0 Å². The van der Waals surface area contributed by atoms with Crippen LogP contribution < -0.4 is 0 Å². The molecule has 2 rings (SSSR count). The summed E-state index contributed by atoms with van der Waals surface area (Å²) in [6.45, 7) is 2.86. The predicted octanol–water partition coefficient (Wildman–Crippen LogP) is 5.21. The average Bonchev–Trinajstić information content (AvgIpc) is 2.59. The first kappa shape index (κ1) is 13.7. The normalized spacial score (nSPS) is 11.1. The Morgan fingerprint density at radius 3 is 2.50 bits per heavy atom. The SMILES string of the molecule is CCCCn1c(Cl)c(C=O)c2cc(Cl)c(Cl)cc21. The van der Waals surface area contributed by atoms with Crippen molar-refractivity contribution in [3.8, 4) is 0 Å². The Labute approximate surface area is 120 Å². The van der Waals surface area contributed by atoms with Crippen LogP contribution in [0.25, 0.3) is 10.9 Å². The van der Waals surface area contributed by atoms with Gasteiger partial charge < -0.3 is 4.57 Å². The first-order valence-electron chi connectivity index (χ1n) is 5.72. The van der Waals surface area contributed by atoms with E-state index in [1.807, 2.05) is 4.57 Å². The molecular formula is C13H12Cl3NO. The van der Waals surface area contributed by atoms with E-state index in [2.05, 4.69) is 6.92 Å². The maximum Gasteiger partial charge on any atom is 0.153 e. The second-order valence-electron chi connectivity index (χ2n) is 4.11. The zero-order valence-electron chi connectivity index (χ0n) is 9.84. The van der Waals surface area contributed by atoms with Crippen LogP contribution in [0.4, 0.5) is 0 Å². The molecule has 1 aromatic carbocycles. The molecule has 2 aromatic rings. The van der Waals surface area contributed by atoms with Gasteiger partial charge in [-0.3, -0.25) is 4.79 Å². The van der Waals surface area contributed by atoms with Crippen LogP contribution in [0.5, 0.6) is 0 Å². The van der Waals surface area contributed by atoms with Gasteiger partial charge in [0.05, 0.1) is 21.1 Å². The van der Waals surface area contributed by atoms with Crippen molar-refractivity contribution < 1.29 is 4.79 Å². The van der Waals surface area contributed by atoms with Crippen LogP contribution in [0.3, 0.4) is 0 Å². The van der Waals surface area contributed by atoms with Crippen molar-refractivity contribution in [3.05, 3.63) is 32.9 Å².